The Morgan fingerprint density at radius 2 is 1.75 bits per heavy atom. The van der Waals surface area contributed by atoms with Crippen LogP contribution >= 0.6 is 0 Å². The number of ether oxygens (including phenoxy) is 1. The van der Waals surface area contributed by atoms with Crippen LogP contribution in [0.4, 0.5) is 0 Å². The van der Waals surface area contributed by atoms with Gasteiger partial charge in [-0.1, -0.05) is 57.2 Å². The molecule has 174 valence electrons. The number of sulfone groups is 1. The van der Waals surface area contributed by atoms with Gasteiger partial charge in [-0.2, -0.15) is 0 Å². The van der Waals surface area contributed by atoms with Crippen LogP contribution < -0.4 is 4.74 Å². The predicted molar refractivity (Wildman–Crippen MR) is 129 cm³/mol. The highest BCUT2D eigenvalue weighted by Crippen LogP contribution is 2.29. The van der Waals surface area contributed by atoms with E-state index in [1.807, 2.05) is 37.3 Å². The van der Waals surface area contributed by atoms with E-state index < -0.39 is 15.9 Å². The van der Waals surface area contributed by atoms with Gasteiger partial charge in [0.2, 0.25) is 0 Å². The summed E-state index contributed by atoms with van der Waals surface area (Å²) in [7, 11) is -3.12. The van der Waals surface area contributed by atoms with Crippen LogP contribution in [0.3, 0.4) is 0 Å². The maximum absolute atomic E-state index is 13.5. The molecule has 1 fully saturated rings. The Hall–Kier alpha value is -2.34. The van der Waals surface area contributed by atoms with Gasteiger partial charge in [0.25, 0.3) is 5.91 Å². The zero-order valence-corrected chi connectivity index (χ0v) is 20.6. The smallest absolute Gasteiger partial charge is 0.263 e. The third kappa shape index (κ3) is 5.91. The van der Waals surface area contributed by atoms with Crippen molar-refractivity contribution in [3.63, 3.8) is 0 Å². The molecule has 0 aromatic heterocycles. The third-order valence-corrected chi connectivity index (χ3v) is 7.91. The van der Waals surface area contributed by atoms with Gasteiger partial charge in [-0.05, 0) is 60.9 Å². The first-order valence-corrected chi connectivity index (χ1v) is 13.3. The number of nitrogens with zero attached hydrogens (tertiary/aromatic N) is 1. The van der Waals surface area contributed by atoms with Gasteiger partial charge in [0.05, 0.1) is 11.5 Å². The summed E-state index contributed by atoms with van der Waals surface area (Å²) < 4.78 is 30.5. The number of aryl methyl sites for hydroxylation is 2. The van der Waals surface area contributed by atoms with Crippen molar-refractivity contribution in [2.75, 3.05) is 11.5 Å². The lowest BCUT2D eigenvalue weighted by Crippen LogP contribution is -2.46. The molecule has 1 heterocycles. The third-order valence-electron chi connectivity index (χ3n) is 6.16. The lowest BCUT2D eigenvalue weighted by atomic mass is 10.0. The van der Waals surface area contributed by atoms with Crippen LogP contribution in [0, 0.1) is 6.92 Å². The number of carbonyl (C=O) groups excluding carboxylic acids is 1. The van der Waals surface area contributed by atoms with Crippen LogP contribution in [-0.2, 0) is 27.6 Å². The highest BCUT2D eigenvalue weighted by molar-refractivity contribution is 7.91. The average molecular weight is 458 g/mol. The van der Waals surface area contributed by atoms with Crippen molar-refractivity contribution in [2.24, 2.45) is 0 Å². The SMILES string of the molecule is CCc1ccc(CN(C(=O)[C@@H](C)Oc2cc(C)ccc2C(C)C)[C@@H]2CCS(=O)(=O)C2)cc1. The fraction of sp³-hybridized carbons (Fsp3) is 0.500. The summed E-state index contributed by atoms with van der Waals surface area (Å²) >= 11 is 0. The van der Waals surface area contributed by atoms with Crippen LogP contribution in [0.1, 0.15) is 62.3 Å². The molecule has 0 spiro atoms. The highest BCUT2D eigenvalue weighted by atomic mass is 32.2. The van der Waals surface area contributed by atoms with Crippen molar-refractivity contribution in [1.82, 2.24) is 4.90 Å². The summed E-state index contributed by atoms with van der Waals surface area (Å²) in [6, 6.07) is 13.9. The summed E-state index contributed by atoms with van der Waals surface area (Å²) in [5.74, 6) is 0.942. The molecule has 2 aromatic carbocycles. The maximum atomic E-state index is 13.5. The molecule has 32 heavy (non-hydrogen) atoms. The standard InChI is InChI=1S/C26H35NO4S/c1-6-21-8-10-22(11-9-21)16-27(23-13-14-32(29,30)17-23)26(28)20(5)31-25-15-19(4)7-12-24(25)18(2)3/h7-12,15,18,20,23H,6,13-14,16-17H2,1-5H3/t20-,23-/m1/s1. The molecule has 0 aliphatic carbocycles. The molecule has 0 saturated carbocycles. The number of rotatable bonds is 8. The Bertz CT molecular complexity index is 1040. The quantitative estimate of drug-likeness (QED) is 0.578. The van der Waals surface area contributed by atoms with E-state index in [0.717, 1.165) is 23.1 Å². The van der Waals surface area contributed by atoms with Crippen molar-refractivity contribution in [3.8, 4) is 5.75 Å². The van der Waals surface area contributed by atoms with Gasteiger partial charge in [0.1, 0.15) is 5.75 Å². The van der Waals surface area contributed by atoms with Crippen LogP contribution in [0.2, 0.25) is 0 Å². The van der Waals surface area contributed by atoms with Crippen molar-refractivity contribution >= 4 is 15.7 Å². The summed E-state index contributed by atoms with van der Waals surface area (Å²) in [4.78, 5) is 15.3. The van der Waals surface area contributed by atoms with Crippen molar-refractivity contribution < 1.29 is 17.9 Å². The molecule has 0 bridgehead atoms. The van der Waals surface area contributed by atoms with Crippen LogP contribution in [0.25, 0.3) is 0 Å². The van der Waals surface area contributed by atoms with Gasteiger partial charge in [-0.25, -0.2) is 8.42 Å². The first-order valence-electron chi connectivity index (χ1n) is 11.5. The Labute approximate surface area is 192 Å². The van der Waals surface area contributed by atoms with Gasteiger partial charge >= 0.3 is 0 Å². The van der Waals surface area contributed by atoms with Crippen molar-refractivity contribution in [3.05, 3.63) is 64.7 Å². The van der Waals surface area contributed by atoms with Gasteiger partial charge in [-0.15, -0.1) is 0 Å². The summed E-state index contributed by atoms with van der Waals surface area (Å²) in [6.07, 6.45) is 0.700. The molecule has 0 N–H and O–H groups in total. The Morgan fingerprint density at radius 3 is 2.31 bits per heavy atom. The largest absolute Gasteiger partial charge is 0.481 e. The van der Waals surface area contributed by atoms with E-state index in [2.05, 4.69) is 32.9 Å². The van der Waals surface area contributed by atoms with E-state index in [0.29, 0.717) is 18.7 Å². The molecule has 0 unspecified atom stereocenters. The van der Waals surface area contributed by atoms with E-state index >= 15 is 0 Å². The zero-order valence-electron chi connectivity index (χ0n) is 19.8. The first kappa shape index (κ1) is 24.3. The van der Waals surface area contributed by atoms with E-state index in [-0.39, 0.29) is 29.4 Å². The first-order chi connectivity index (χ1) is 15.1. The molecular weight excluding hydrogens is 422 g/mol. The Balaban J connectivity index is 1.85. The summed E-state index contributed by atoms with van der Waals surface area (Å²) in [5.41, 5.74) is 4.34. The van der Waals surface area contributed by atoms with E-state index in [4.69, 9.17) is 4.74 Å². The molecule has 0 radical (unpaired) electrons. The molecule has 1 aliphatic heterocycles. The number of benzene rings is 2. The molecule has 3 rings (SSSR count). The molecular formula is C26H35NO4S. The molecule has 5 nitrogen and oxygen atoms in total. The minimum Gasteiger partial charge on any atom is -0.481 e. The predicted octanol–water partition coefficient (Wildman–Crippen LogP) is 4.66. The van der Waals surface area contributed by atoms with Crippen LogP contribution in [-0.4, -0.2) is 42.9 Å². The zero-order chi connectivity index (χ0) is 23.5. The fourth-order valence-electron chi connectivity index (χ4n) is 4.18. The van der Waals surface area contributed by atoms with Gasteiger partial charge in [0.15, 0.2) is 15.9 Å². The van der Waals surface area contributed by atoms with E-state index in [1.165, 1.54) is 5.56 Å². The van der Waals surface area contributed by atoms with Crippen molar-refractivity contribution in [2.45, 2.75) is 72.1 Å². The van der Waals surface area contributed by atoms with Crippen molar-refractivity contribution in [1.29, 1.82) is 0 Å². The summed E-state index contributed by atoms with van der Waals surface area (Å²) in [6.45, 7) is 10.4. The van der Waals surface area contributed by atoms with E-state index in [9.17, 15) is 13.2 Å². The number of carbonyl (C=O) groups is 1. The molecule has 6 heteroatoms. The highest BCUT2D eigenvalue weighted by Gasteiger charge is 2.36. The molecule has 2 atom stereocenters. The Morgan fingerprint density at radius 1 is 1.09 bits per heavy atom. The van der Waals surface area contributed by atoms with Gasteiger partial charge in [-0.3, -0.25) is 4.79 Å². The van der Waals surface area contributed by atoms with E-state index in [1.54, 1.807) is 11.8 Å². The fourth-order valence-corrected chi connectivity index (χ4v) is 5.91. The van der Waals surface area contributed by atoms with Crippen LogP contribution in [0.15, 0.2) is 42.5 Å². The number of hydrogen-bond donors (Lipinski definition) is 0. The second kappa shape index (κ2) is 10.1. The van der Waals surface area contributed by atoms with Crippen LogP contribution in [0.5, 0.6) is 5.75 Å². The number of hydrogen-bond acceptors (Lipinski definition) is 4. The maximum Gasteiger partial charge on any atom is 0.263 e. The minimum atomic E-state index is -3.12. The second-order valence-corrected chi connectivity index (χ2v) is 11.4. The second-order valence-electron chi connectivity index (χ2n) is 9.15. The van der Waals surface area contributed by atoms with Gasteiger partial charge < -0.3 is 9.64 Å². The molecule has 1 aliphatic rings. The average Bonchev–Trinajstić information content (AvgIpc) is 3.11. The monoisotopic (exact) mass is 457 g/mol. The summed E-state index contributed by atoms with van der Waals surface area (Å²) in [5, 5.41) is 0. The van der Waals surface area contributed by atoms with Gasteiger partial charge in [0, 0.05) is 12.6 Å². The lowest BCUT2D eigenvalue weighted by Gasteiger charge is -2.31. The lowest BCUT2D eigenvalue weighted by molar-refractivity contribution is -0.140. The molecule has 1 saturated heterocycles. The normalized spacial score (nSPS) is 18.5. The molecule has 1 amide bonds. The Kier molecular flexibility index (Phi) is 7.65. The topological polar surface area (TPSA) is 63.7 Å². The minimum absolute atomic E-state index is 0.0141. The number of amides is 1. The molecule has 2 aromatic rings.